The first kappa shape index (κ1) is 10.1. The Morgan fingerprint density at radius 1 is 1.40 bits per heavy atom. The molecule has 0 atom stereocenters. The van der Waals surface area contributed by atoms with Gasteiger partial charge in [-0.25, -0.2) is 0 Å². The number of rotatable bonds is 1. The van der Waals surface area contributed by atoms with Crippen LogP contribution in [-0.4, -0.2) is 27.7 Å². The molecule has 0 amide bonds. The Morgan fingerprint density at radius 2 is 1.90 bits per heavy atom. The average Bonchev–Trinajstić information content (AvgIpc) is 1.90. The highest BCUT2D eigenvalue weighted by molar-refractivity contribution is 7.85. The van der Waals surface area contributed by atoms with Gasteiger partial charge in [0.25, 0.3) is 0 Å². The van der Waals surface area contributed by atoms with Crippen molar-refractivity contribution in [3.8, 4) is 0 Å². The smallest absolute Gasteiger partial charge is 0.0237 e. The predicted molar refractivity (Wildman–Crippen MR) is 43.3 cm³/mol. The first-order valence-corrected chi connectivity index (χ1v) is 4.87. The average molecular weight is 165 g/mol. The summed E-state index contributed by atoms with van der Waals surface area (Å²) >= 11 is 0. The molecule has 4 heteroatoms. The van der Waals surface area contributed by atoms with Crippen LogP contribution in [0.2, 0.25) is 0 Å². The monoisotopic (exact) mass is 165 g/mol. The van der Waals surface area contributed by atoms with Gasteiger partial charge in [0.15, 0.2) is 0 Å². The summed E-state index contributed by atoms with van der Waals surface area (Å²) in [6, 6.07) is 0. The summed E-state index contributed by atoms with van der Waals surface area (Å²) in [5.41, 5.74) is 5.45. The van der Waals surface area contributed by atoms with Crippen molar-refractivity contribution in [3.05, 3.63) is 0 Å². The van der Waals surface area contributed by atoms with E-state index in [-0.39, 0.29) is 5.48 Å². The number of nitrogens with two attached hydrogens (primary N) is 1. The number of hydrogen-bond donors (Lipinski definition) is 1. The fourth-order valence-electron chi connectivity index (χ4n) is 1.08. The van der Waals surface area contributed by atoms with Gasteiger partial charge in [0.2, 0.25) is 0 Å². The van der Waals surface area contributed by atoms with Crippen molar-refractivity contribution in [2.45, 2.75) is 12.8 Å². The summed E-state index contributed by atoms with van der Waals surface area (Å²) < 4.78 is 10.8. The summed E-state index contributed by atoms with van der Waals surface area (Å²) in [4.78, 5) is 0. The van der Waals surface area contributed by atoms with Crippen LogP contribution in [-0.2, 0) is 10.8 Å². The molecule has 1 aliphatic rings. The van der Waals surface area contributed by atoms with Gasteiger partial charge in [0.1, 0.15) is 0 Å². The second-order valence-electron chi connectivity index (χ2n) is 2.53. The van der Waals surface area contributed by atoms with Crippen LogP contribution in [0.4, 0.5) is 0 Å². The van der Waals surface area contributed by atoms with E-state index in [0.29, 0.717) is 5.92 Å². The van der Waals surface area contributed by atoms with Gasteiger partial charge >= 0.3 is 0 Å². The summed E-state index contributed by atoms with van der Waals surface area (Å²) in [5.74, 6) is 2.41. The maximum atomic E-state index is 10.8. The zero-order chi connectivity index (χ0) is 6.69. The van der Waals surface area contributed by atoms with Gasteiger partial charge in [-0.2, -0.15) is 0 Å². The topological polar surface area (TPSA) is 74.6 Å². The van der Waals surface area contributed by atoms with Gasteiger partial charge in [-0.3, -0.25) is 4.21 Å². The molecule has 10 heavy (non-hydrogen) atoms. The third-order valence-corrected chi connectivity index (χ3v) is 3.22. The zero-order valence-corrected chi connectivity index (χ0v) is 6.82. The molecule has 1 rings (SSSR count). The fourth-order valence-corrected chi connectivity index (χ4v) is 2.47. The molecule has 0 saturated carbocycles. The zero-order valence-electron chi connectivity index (χ0n) is 6.01. The molecule has 0 aromatic carbocycles. The summed E-state index contributed by atoms with van der Waals surface area (Å²) in [6.45, 7) is 0.775. The minimum atomic E-state index is -0.518. The SMILES string of the molecule is NCC1CCS(=O)CC1.O. The van der Waals surface area contributed by atoms with Gasteiger partial charge < -0.3 is 11.2 Å². The molecular formula is C6H15NO2S. The van der Waals surface area contributed by atoms with Crippen LogP contribution in [0.25, 0.3) is 0 Å². The van der Waals surface area contributed by atoms with Crippen molar-refractivity contribution in [2.24, 2.45) is 11.7 Å². The van der Waals surface area contributed by atoms with Crippen molar-refractivity contribution in [2.75, 3.05) is 18.1 Å². The van der Waals surface area contributed by atoms with E-state index >= 15 is 0 Å². The molecule has 1 aliphatic heterocycles. The van der Waals surface area contributed by atoms with E-state index in [1.165, 1.54) is 0 Å². The molecule has 0 aromatic heterocycles. The van der Waals surface area contributed by atoms with Crippen LogP contribution in [0, 0.1) is 5.92 Å². The highest BCUT2D eigenvalue weighted by Gasteiger charge is 2.15. The van der Waals surface area contributed by atoms with E-state index in [1.54, 1.807) is 0 Å². The van der Waals surface area contributed by atoms with Gasteiger partial charge in [0.05, 0.1) is 0 Å². The third kappa shape index (κ3) is 2.77. The van der Waals surface area contributed by atoms with Crippen LogP contribution in [0.1, 0.15) is 12.8 Å². The van der Waals surface area contributed by atoms with E-state index in [0.717, 1.165) is 30.9 Å². The maximum Gasteiger partial charge on any atom is 0.0237 e. The van der Waals surface area contributed by atoms with Crippen LogP contribution in [0.15, 0.2) is 0 Å². The Labute approximate surface area is 63.8 Å². The van der Waals surface area contributed by atoms with Crippen molar-refractivity contribution >= 4 is 10.8 Å². The van der Waals surface area contributed by atoms with E-state index in [2.05, 4.69) is 0 Å². The van der Waals surface area contributed by atoms with Crippen LogP contribution in [0.5, 0.6) is 0 Å². The Bertz CT molecular complexity index is 108. The predicted octanol–water partition coefficient (Wildman–Crippen LogP) is -0.721. The first-order chi connectivity index (χ1) is 4.33. The molecule has 1 fully saturated rings. The Balaban J connectivity index is 0.000000810. The molecule has 4 N–H and O–H groups in total. The fraction of sp³-hybridized carbons (Fsp3) is 1.00. The first-order valence-electron chi connectivity index (χ1n) is 3.38. The largest absolute Gasteiger partial charge is 0.412 e. The summed E-state index contributed by atoms with van der Waals surface area (Å²) in [5, 5.41) is 0. The lowest BCUT2D eigenvalue weighted by Crippen LogP contribution is -2.24. The summed E-state index contributed by atoms with van der Waals surface area (Å²) in [6.07, 6.45) is 2.15. The molecule has 0 spiro atoms. The second kappa shape index (κ2) is 4.82. The highest BCUT2D eigenvalue weighted by atomic mass is 32.2. The molecule has 0 radical (unpaired) electrons. The van der Waals surface area contributed by atoms with Crippen LogP contribution >= 0.6 is 0 Å². The lowest BCUT2D eigenvalue weighted by atomic mass is 10.0. The third-order valence-electron chi connectivity index (χ3n) is 1.84. The van der Waals surface area contributed by atoms with Crippen molar-refractivity contribution in [1.29, 1.82) is 0 Å². The Hall–Kier alpha value is 0.0700. The standard InChI is InChI=1S/C6H13NOS.H2O/c7-5-6-1-3-9(8)4-2-6;/h6H,1-5,7H2;1H2. The second-order valence-corrected chi connectivity index (χ2v) is 4.22. The molecular weight excluding hydrogens is 150 g/mol. The Kier molecular flexibility index (Phi) is 4.85. The van der Waals surface area contributed by atoms with Crippen LogP contribution in [0.3, 0.4) is 0 Å². The lowest BCUT2D eigenvalue weighted by Gasteiger charge is -2.18. The van der Waals surface area contributed by atoms with Crippen molar-refractivity contribution < 1.29 is 9.69 Å². The molecule has 0 unspecified atom stereocenters. The normalized spacial score (nSPS) is 32.9. The maximum absolute atomic E-state index is 10.8. The molecule has 1 heterocycles. The van der Waals surface area contributed by atoms with Crippen molar-refractivity contribution in [3.63, 3.8) is 0 Å². The van der Waals surface area contributed by atoms with E-state index in [1.807, 2.05) is 0 Å². The molecule has 3 nitrogen and oxygen atoms in total. The van der Waals surface area contributed by atoms with Crippen molar-refractivity contribution in [1.82, 2.24) is 0 Å². The minimum absolute atomic E-state index is 0. The minimum Gasteiger partial charge on any atom is -0.412 e. The molecule has 0 bridgehead atoms. The molecule has 0 aromatic rings. The molecule has 0 aliphatic carbocycles. The van der Waals surface area contributed by atoms with E-state index in [4.69, 9.17) is 5.73 Å². The van der Waals surface area contributed by atoms with Gasteiger partial charge in [0, 0.05) is 22.3 Å². The Morgan fingerprint density at radius 3 is 2.30 bits per heavy atom. The molecule has 62 valence electrons. The quantitative estimate of drug-likeness (QED) is 0.556. The molecule has 1 saturated heterocycles. The highest BCUT2D eigenvalue weighted by Crippen LogP contribution is 2.14. The van der Waals surface area contributed by atoms with Crippen LogP contribution < -0.4 is 5.73 Å². The lowest BCUT2D eigenvalue weighted by molar-refractivity contribution is 0.492. The van der Waals surface area contributed by atoms with Gasteiger partial charge in [-0.15, -0.1) is 0 Å². The van der Waals surface area contributed by atoms with E-state index < -0.39 is 10.8 Å². The number of hydrogen-bond acceptors (Lipinski definition) is 2. The van der Waals surface area contributed by atoms with Gasteiger partial charge in [-0.05, 0) is 25.3 Å². The summed E-state index contributed by atoms with van der Waals surface area (Å²) in [7, 11) is -0.518. The van der Waals surface area contributed by atoms with Gasteiger partial charge in [-0.1, -0.05) is 0 Å². The van der Waals surface area contributed by atoms with E-state index in [9.17, 15) is 4.21 Å².